The Labute approximate surface area is 127 Å². The van der Waals surface area contributed by atoms with E-state index >= 15 is 0 Å². The molecule has 1 aromatic heterocycles. The van der Waals surface area contributed by atoms with Crippen LogP contribution in [-0.4, -0.2) is 45.2 Å². The standard InChI is InChI=1S/C13H22N4O3S/c1-4-20-11(18)10(14-8(2)3)7-21-13-16-15-12(19)17(13)9-5-6-9/h8-10,14H,4-7H2,1-3H3,(H,15,19). The Hall–Kier alpha value is -1.28. The van der Waals surface area contributed by atoms with Gasteiger partial charge in [-0.2, -0.15) is 0 Å². The molecule has 1 aromatic rings. The molecule has 1 saturated carbocycles. The maximum atomic E-state index is 11.9. The SMILES string of the molecule is CCOC(=O)C(CSc1n[nH]c(=O)n1C1CC1)NC(C)C. The van der Waals surface area contributed by atoms with Crippen molar-refractivity contribution in [2.24, 2.45) is 0 Å². The summed E-state index contributed by atoms with van der Waals surface area (Å²) in [6, 6.07) is 0.0251. The van der Waals surface area contributed by atoms with Crippen molar-refractivity contribution in [1.29, 1.82) is 0 Å². The fraction of sp³-hybridized carbons (Fsp3) is 0.769. The van der Waals surface area contributed by atoms with E-state index in [9.17, 15) is 9.59 Å². The van der Waals surface area contributed by atoms with Crippen LogP contribution >= 0.6 is 11.8 Å². The van der Waals surface area contributed by atoms with E-state index in [0.29, 0.717) is 17.5 Å². The van der Waals surface area contributed by atoms with Crippen molar-refractivity contribution in [3.05, 3.63) is 10.5 Å². The molecular weight excluding hydrogens is 292 g/mol. The normalized spacial score (nSPS) is 16.2. The zero-order chi connectivity index (χ0) is 15.4. The molecule has 0 radical (unpaired) electrons. The quantitative estimate of drug-likeness (QED) is 0.548. The van der Waals surface area contributed by atoms with Gasteiger partial charge in [-0.15, -0.1) is 5.10 Å². The van der Waals surface area contributed by atoms with Crippen molar-refractivity contribution < 1.29 is 9.53 Å². The lowest BCUT2D eigenvalue weighted by Crippen LogP contribution is -2.43. The van der Waals surface area contributed by atoms with Crippen LogP contribution in [0.3, 0.4) is 0 Å². The summed E-state index contributed by atoms with van der Waals surface area (Å²) in [4.78, 5) is 23.6. The second-order valence-electron chi connectivity index (χ2n) is 5.35. The Kier molecular flexibility index (Phi) is 5.46. The summed E-state index contributed by atoms with van der Waals surface area (Å²) in [5.41, 5.74) is -0.176. The van der Waals surface area contributed by atoms with E-state index in [1.54, 1.807) is 11.5 Å². The van der Waals surface area contributed by atoms with Crippen molar-refractivity contribution in [2.75, 3.05) is 12.4 Å². The molecular formula is C13H22N4O3S. The lowest BCUT2D eigenvalue weighted by Gasteiger charge is -2.19. The van der Waals surface area contributed by atoms with Gasteiger partial charge in [0.1, 0.15) is 6.04 Å². The molecule has 1 aliphatic rings. The van der Waals surface area contributed by atoms with Gasteiger partial charge < -0.3 is 10.1 Å². The summed E-state index contributed by atoms with van der Waals surface area (Å²) in [6.45, 7) is 6.10. The van der Waals surface area contributed by atoms with Gasteiger partial charge >= 0.3 is 11.7 Å². The molecule has 0 aromatic carbocycles. The smallest absolute Gasteiger partial charge is 0.344 e. The van der Waals surface area contributed by atoms with Crippen LogP contribution in [0.25, 0.3) is 0 Å². The molecule has 1 atom stereocenters. The first-order valence-electron chi connectivity index (χ1n) is 7.25. The van der Waals surface area contributed by atoms with E-state index in [0.717, 1.165) is 12.8 Å². The third-order valence-corrected chi connectivity index (χ3v) is 4.12. The fourth-order valence-electron chi connectivity index (χ4n) is 2.03. The molecule has 8 heteroatoms. The number of aromatic nitrogens is 3. The molecule has 0 amide bonds. The van der Waals surface area contributed by atoms with Crippen LogP contribution in [0, 0.1) is 0 Å². The van der Waals surface area contributed by atoms with Gasteiger partial charge in [0.15, 0.2) is 5.16 Å². The number of esters is 1. The summed E-state index contributed by atoms with van der Waals surface area (Å²) in [5.74, 6) is 0.211. The molecule has 0 saturated heterocycles. The van der Waals surface area contributed by atoms with E-state index in [2.05, 4.69) is 15.5 Å². The Morgan fingerprint density at radius 1 is 1.57 bits per heavy atom. The number of hydrogen-bond donors (Lipinski definition) is 2. The molecule has 2 rings (SSSR count). The molecule has 1 aliphatic carbocycles. The fourth-order valence-corrected chi connectivity index (χ4v) is 3.06. The highest BCUT2D eigenvalue weighted by atomic mass is 32.2. The van der Waals surface area contributed by atoms with Crippen LogP contribution < -0.4 is 11.0 Å². The molecule has 0 spiro atoms. The third kappa shape index (κ3) is 4.34. The van der Waals surface area contributed by atoms with E-state index in [1.165, 1.54) is 11.8 Å². The van der Waals surface area contributed by atoms with Crippen molar-refractivity contribution in [2.45, 2.75) is 56.9 Å². The largest absolute Gasteiger partial charge is 0.465 e. The van der Waals surface area contributed by atoms with Gasteiger partial charge in [-0.05, 0) is 19.8 Å². The number of thioether (sulfide) groups is 1. The minimum Gasteiger partial charge on any atom is -0.465 e. The van der Waals surface area contributed by atoms with E-state index in [4.69, 9.17) is 4.74 Å². The van der Waals surface area contributed by atoms with Crippen molar-refractivity contribution in [3.8, 4) is 0 Å². The van der Waals surface area contributed by atoms with Crippen LogP contribution in [0.15, 0.2) is 9.95 Å². The third-order valence-electron chi connectivity index (χ3n) is 3.07. The maximum Gasteiger partial charge on any atom is 0.344 e. The number of ether oxygens (including phenoxy) is 1. The number of nitrogens with zero attached hydrogens (tertiary/aromatic N) is 2. The number of nitrogens with one attached hydrogen (secondary N) is 2. The van der Waals surface area contributed by atoms with E-state index < -0.39 is 6.04 Å². The predicted molar refractivity (Wildman–Crippen MR) is 80.5 cm³/mol. The Balaban J connectivity index is 2.00. The van der Waals surface area contributed by atoms with Crippen LogP contribution in [0.4, 0.5) is 0 Å². The van der Waals surface area contributed by atoms with Gasteiger partial charge in [0.05, 0.1) is 6.61 Å². The number of rotatable bonds is 8. The average Bonchev–Trinajstić information content (AvgIpc) is 3.18. The van der Waals surface area contributed by atoms with Gasteiger partial charge in [-0.3, -0.25) is 9.36 Å². The molecule has 1 unspecified atom stereocenters. The van der Waals surface area contributed by atoms with Gasteiger partial charge in [0.2, 0.25) is 0 Å². The second kappa shape index (κ2) is 7.13. The van der Waals surface area contributed by atoms with Gasteiger partial charge in [0.25, 0.3) is 0 Å². The summed E-state index contributed by atoms with van der Waals surface area (Å²) >= 11 is 1.40. The Bertz CT molecular complexity index is 536. The monoisotopic (exact) mass is 314 g/mol. The zero-order valence-corrected chi connectivity index (χ0v) is 13.4. The summed E-state index contributed by atoms with van der Waals surface area (Å²) in [5, 5.41) is 10.3. The molecule has 1 fully saturated rings. The van der Waals surface area contributed by atoms with Gasteiger partial charge in [-0.1, -0.05) is 25.6 Å². The summed E-state index contributed by atoms with van der Waals surface area (Å²) in [6.07, 6.45) is 2.02. The molecule has 118 valence electrons. The van der Waals surface area contributed by atoms with Crippen LogP contribution in [0.5, 0.6) is 0 Å². The lowest BCUT2D eigenvalue weighted by molar-refractivity contribution is -0.145. The molecule has 7 nitrogen and oxygen atoms in total. The highest BCUT2D eigenvalue weighted by Crippen LogP contribution is 2.36. The van der Waals surface area contributed by atoms with Crippen molar-refractivity contribution in [3.63, 3.8) is 0 Å². The molecule has 0 aliphatic heterocycles. The molecule has 0 bridgehead atoms. The summed E-state index contributed by atoms with van der Waals surface area (Å²) in [7, 11) is 0. The number of H-pyrrole nitrogens is 1. The molecule has 2 N–H and O–H groups in total. The molecule has 1 heterocycles. The highest BCUT2D eigenvalue weighted by molar-refractivity contribution is 7.99. The number of carbonyl (C=O) groups is 1. The lowest BCUT2D eigenvalue weighted by atomic mass is 10.3. The van der Waals surface area contributed by atoms with Crippen molar-refractivity contribution in [1.82, 2.24) is 20.1 Å². The Morgan fingerprint density at radius 3 is 2.86 bits per heavy atom. The van der Waals surface area contributed by atoms with Crippen molar-refractivity contribution >= 4 is 17.7 Å². The average molecular weight is 314 g/mol. The predicted octanol–water partition coefficient (Wildman–Crippen LogP) is 0.928. The topological polar surface area (TPSA) is 89.0 Å². The maximum absolute atomic E-state index is 11.9. The van der Waals surface area contributed by atoms with Crippen LogP contribution in [0.1, 0.15) is 39.7 Å². The molecule has 21 heavy (non-hydrogen) atoms. The summed E-state index contributed by atoms with van der Waals surface area (Å²) < 4.78 is 6.76. The van der Waals surface area contributed by atoms with Gasteiger partial charge in [-0.25, -0.2) is 9.89 Å². The minimum absolute atomic E-state index is 0.171. The first kappa shape index (κ1) is 16.1. The first-order valence-corrected chi connectivity index (χ1v) is 8.23. The number of carbonyl (C=O) groups excluding carboxylic acids is 1. The highest BCUT2D eigenvalue weighted by Gasteiger charge is 2.29. The second-order valence-corrected chi connectivity index (χ2v) is 6.34. The first-order chi connectivity index (χ1) is 10.0. The van der Waals surface area contributed by atoms with E-state index in [-0.39, 0.29) is 23.7 Å². The minimum atomic E-state index is -0.408. The Morgan fingerprint density at radius 2 is 2.29 bits per heavy atom. The van der Waals surface area contributed by atoms with Crippen LogP contribution in [0.2, 0.25) is 0 Å². The number of aromatic amines is 1. The number of hydrogen-bond acceptors (Lipinski definition) is 6. The van der Waals surface area contributed by atoms with Gasteiger partial charge in [0, 0.05) is 17.8 Å². The zero-order valence-electron chi connectivity index (χ0n) is 12.6. The van der Waals surface area contributed by atoms with E-state index in [1.807, 2.05) is 13.8 Å². The van der Waals surface area contributed by atoms with Crippen LogP contribution in [-0.2, 0) is 9.53 Å².